The van der Waals surface area contributed by atoms with Gasteiger partial charge in [0.15, 0.2) is 0 Å². The van der Waals surface area contributed by atoms with Crippen molar-refractivity contribution in [3.8, 4) is 0 Å². The second-order valence-electron chi connectivity index (χ2n) is 17.5. The van der Waals surface area contributed by atoms with Gasteiger partial charge in [0.25, 0.3) is 0 Å². The van der Waals surface area contributed by atoms with E-state index in [1.54, 1.807) is 4.70 Å². The number of nitrogens with zero attached hydrogens (tertiary/aromatic N) is 2. The monoisotopic (exact) mass is 867 g/mol. The van der Waals surface area contributed by atoms with Crippen molar-refractivity contribution in [3.63, 3.8) is 0 Å². The van der Waals surface area contributed by atoms with E-state index in [1.807, 2.05) is 0 Å². The van der Waals surface area contributed by atoms with Gasteiger partial charge in [0.05, 0.1) is 0 Å². The van der Waals surface area contributed by atoms with Crippen LogP contribution in [0, 0.1) is 13.8 Å². The molecule has 0 saturated heterocycles. The molecule has 3 rings (SSSR count). The SMILES string of the molecule is CCCCCCCCCCC1=C(c2cccc(CCCCC)c2)[N+](=[N-])C(c2cccc(CCCCC)c2)=C1CCCCC.[CH2-]CCCCCCC.[CH2-]CCCCCCC.[Ni+2]. The molecule has 0 bridgehead atoms. The average Bonchev–Trinajstić information content (AvgIpc) is 3.53. The van der Waals surface area contributed by atoms with Crippen LogP contribution in [0.3, 0.4) is 0 Å². The summed E-state index contributed by atoms with van der Waals surface area (Å²) in [7, 11) is 0. The van der Waals surface area contributed by atoms with Crippen LogP contribution in [0.2, 0.25) is 0 Å². The molecule has 1 heterocycles. The van der Waals surface area contributed by atoms with E-state index in [4.69, 9.17) is 0 Å². The standard InChI is InChI=1S/C41H62N2.2C8H17.Ni/c1-5-9-13-14-15-16-17-21-31-39-38(30-20-12-8-4)40(36-28-22-26-34(32-36)24-18-10-6-2)43(42)41(39)37-29-23-27-35(33-37)25-19-11-7-3;2*1-3-5-7-8-6-4-2;/h22-23,26-29,32-33H,5-21,24-25,30-31H2,1-4H3;2*1,3-8H2,2H3;/q;2*-1;+2. The summed E-state index contributed by atoms with van der Waals surface area (Å²) in [6, 6.07) is 18.1. The molecule has 344 valence electrons. The molecule has 1 aliphatic rings. The Morgan fingerprint density at radius 3 is 1.02 bits per heavy atom. The largest absolute Gasteiger partial charge is 2.00 e. The van der Waals surface area contributed by atoms with Gasteiger partial charge in [-0.1, -0.05) is 213 Å². The molecular formula is C57H96N2Ni. The molecule has 0 atom stereocenters. The Labute approximate surface area is 385 Å². The number of hydrogen-bond donors (Lipinski definition) is 0. The predicted octanol–water partition coefficient (Wildman–Crippen LogP) is 19.8. The molecule has 1 aliphatic heterocycles. The molecule has 0 N–H and O–H groups in total. The van der Waals surface area contributed by atoms with Crippen molar-refractivity contribution < 1.29 is 21.2 Å². The van der Waals surface area contributed by atoms with Crippen molar-refractivity contribution in [2.45, 2.75) is 253 Å². The molecule has 0 spiro atoms. The molecule has 0 saturated carbocycles. The zero-order valence-corrected chi connectivity index (χ0v) is 41.6. The van der Waals surface area contributed by atoms with Crippen molar-refractivity contribution in [2.75, 3.05) is 0 Å². The molecule has 0 unspecified atom stereocenters. The van der Waals surface area contributed by atoms with E-state index < -0.39 is 0 Å². The first-order valence-electron chi connectivity index (χ1n) is 25.7. The summed E-state index contributed by atoms with van der Waals surface area (Å²) >= 11 is 0. The Hall–Kier alpha value is -1.99. The average molecular weight is 868 g/mol. The summed E-state index contributed by atoms with van der Waals surface area (Å²) in [5.74, 6) is 0. The summed E-state index contributed by atoms with van der Waals surface area (Å²) in [5, 5.41) is 0. The number of rotatable bonds is 33. The van der Waals surface area contributed by atoms with Gasteiger partial charge in [-0.15, -0.1) is 0 Å². The Bertz CT molecular complexity index is 1350. The maximum atomic E-state index is 12.1. The van der Waals surface area contributed by atoms with Crippen LogP contribution in [0.5, 0.6) is 0 Å². The van der Waals surface area contributed by atoms with Gasteiger partial charge in [0, 0.05) is 22.3 Å². The fraction of sp³-hybridized carbons (Fsp3) is 0.684. The Morgan fingerprint density at radius 2 is 0.667 bits per heavy atom. The molecule has 0 radical (unpaired) electrons. The first-order chi connectivity index (χ1) is 29.0. The number of allylic oxidation sites excluding steroid dienone is 2. The molecule has 0 aliphatic carbocycles. The molecule has 2 aromatic carbocycles. The summed E-state index contributed by atoms with van der Waals surface area (Å²) in [5.41, 5.74) is 22.1. The van der Waals surface area contributed by atoms with Crippen LogP contribution in [-0.4, -0.2) is 4.70 Å². The Morgan fingerprint density at radius 1 is 0.383 bits per heavy atom. The van der Waals surface area contributed by atoms with Gasteiger partial charge >= 0.3 is 16.5 Å². The second-order valence-corrected chi connectivity index (χ2v) is 17.5. The third kappa shape index (κ3) is 25.8. The van der Waals surface area contributed by atoms with Gasteiger partial charge in [0.2, 0.25) is 11.4 Å². The van der Waals surface area contributed by atoms with Gasteiger partial charge in [-0.25, -0.2) is 4.70 Å². The van der Waals surface area contributed by atoms with Crippen molar-refractivity contribution in [1.29, 1.82) is 0 Å². The van der Waals surface area contributed by atoms with Gasteiger partial charge < -0.3 is 19.4 Å². The zero-order chi connectivity index (χ0) is 43.2. The summed E-state index contributed by atoms with van der Waals surface area (Å²) < 4.78 is 1.59. The molecule has 0 aromatic heterocycles. The summed E-state index contributed by atoms with van der Waals surface area (Å²) in [6.45, 7) is 21.2. The van der Waals surface area contributed by atoms with Crippen LogP contribution in [0.15, 0.2) is 59.7 Å². The van der Waals surface area contributed by atoms with Crippen molar-refractivity contribution in [1.82, 2.24) is 0 Å². The topological polar surface area (TPSA) is 25.3 Å². The maximum absolute atomic E-state index is 12.1. The van der Waals surface area contributed by atoms with Crippen LogP contribution >= 0.6 is 0 Å². The Balaban J connectivity index is 0.00000172. The first kappa shape index (κ1) is 58.0. The van der Waals surface area contributed by atoms with Gasteiger partial charge in [0.1, 0.15) is 0 Å². The van der Waals surface area contributed by atoms with E-state index in [2.05, 4.69) is 104 Å². The molecule has 60 heavy (non-hydrogen) atoms. The van der Waals surface area contributed by atoms with Gasteiger partial charge in [-0.3, -0.25) is 0 Å². The van der Waals surface area contributed by atoms with E-state index in [9.17, 15) is 5.53 Å². The minimum absolute atomic E-state index is 0. The van der Waals surface area contributed by atoms with Crippen LogP contribution in [0.25, 0.3) is 16.9 Å². The van der Waals surface area contributed by atoms with Crippen LogP contribution < -0.4 is 0 Å². The molecule has 0 amide bonds. The normalized spacial score (nSPS) is 12.3. The first-order valence-corrected chi connectivity index (χ1v) is 25.7. The summed E-state index contributed by atoms with van der Waals surface area (Å²) in [4.78, 5) is 0. The molecule has 2 aromatic rings. The smallest absolute Gasteiger partial charge is 0.493 e. The fourth-order valence-corrected chi connectivity index (χ4v) is 8.24. The molecule has 2 nitrogen and oxygen atoms in total. The third-order valence-electron chi connectivity index (χ3n) is 11.9. The van der Waals surface area contributed by atoms with Crippen LogP contribution in [-0.2, 0) is 29.3 Å². The van der Waals surface area contributed by atoms with E-state index >= 15 is 0 Å². The number of hydrogen-bond acceptors (Lipinski definition) is 0. The summed E-state index contributed by atoms with van der Waals surface area (Å²) in [6.07, 6.45) is 41.9. The quantitative estimate of drug-likeness (QED) is 0.0296. The Kier molecular flexibility index (Phi) is 39.7. The maximum Gasteiger partial charge on any atom is 2.00 e. The minimum Gasteiger partial charge on any atom is -0.493 e. The van der Waals surface area contributed by atoms with E-state index in [-0.39, 0.29) is 16.5 Å². The van der Waals surface area contributed by atoms with Crippen molar-refractivity contribution in [2.24, 2.45) is 0 Å². The predicted molar refractivity (Wildman–Crippen MR) is 266 cm³/mol. The van der Waals surface area contributed by atoms with Crippen LogP contribution in [0.4, 0.5) is 0 Å². The number of benzene rings is 2. The number of aryl methyl sites for hydroxylation is 2. The van der Waals surface area contributed by atoms with Crippen LogP contribution in [0.1, 0.15) is 263 Å². The zero-order valence-electron chi connectivity index (χ0n) is 40.6. The molecule has 0 fully saturated rings. The van der Waals surface area contributed by atoms with Gasteiger partial charge in [-0.2, -0.15) is 12.8 Å². The van der Waals surface area contributed by atoms with E-state index in [1.165, 1.54) is 207 Å². The van der Waals surface area contributed by atoms with Gasteiger partial charge in [-0.05, 0) is 86.8 Å². The second kappa shape index (κ2) is 41.0. The molecule has 3 heteroatoms. The van der Waals surface area contributed by atoms with E-state index in [0.29, 0.717) is 0 Å². The van der Waals surface area contributed by atoms with Crippen molar-refractivity contribution >= 4 is 11.4 Å². The van der Waals surface area contributed by atoms with E-state index in [0.717, 1.165) is 49.9 Å². The molecular weight excluding hydrogens is 771 g/mol. The number of unbranched alkanes of at least 4 members (excludes halogenated alkanes) is 23. The van der Waals surface area contributed by atoms with Crippen molar-refractivity contribution in [3.05, 3.63) is 101 Å². The minimum atomic E-state index is 0. The fourth-order valence-electron chi connectivity index (χ4n) is 8.24. The third-order valence-corrected chi connectivity index (χ3v) is 11.9.